The van der Waals surface area contributed by atoms with Gasteiger partial charge in [0.25, 0.3) is 5.91 Å². The number of alkyl halides is 3. The summed E-state index contributed by atoms with van der Waals surface area (Å²) in [5, 5.41) is 5.06. The SMILES string of the molecule is O=C(CN1CC2C[C@@H]1CO2)Nc1cc(C(=O)Nc2ccc(-c3ccccc3)cc2)ccc1C(F)(F)F. The molecule has 0 saturated carbocycles. The number of nitrogens with zero attached hydrogens (tertiary/aromatic N) is 1. The third-order valence-corrected chi connectivity index (χ3v) is 6.47. The fourth-order valence-corrected chi connectivity index (χ4v) is 4.66. The fourth-order valence-electron chi connectivity index (χ4n) is 4.66. The lowest BCUT2D eigenvalue weighted by Gasteiger charge is -2.26. The van der Waals surface area contributed by atoms with Crippen LogP contribution in [0, 0.1) is 0 Å². The minimum absolute atomic E-state index is 0.000865. The number of benzene rings is 3. The van der Waals surface area contributed by atoms with Gasteiger partial charge in [0.2, 0.25) is 5.91 Å². The summed E-state index contributed by atoms with van der Waals surface area (Å²) in [5.41, 5.74) is 1.03. The van der Waals surface area contributed by atoms with E-state index in [1.54, 1.807) is 12.1 Å². The monoisotopic (exact) mass is 495 g/mol. The third-order valence-electron chi connectivity index (χ3n) is 6.47. The van der Waals surface area contributed by atoms with E-state index in [1.165, 1.54) is 0 Å². The molecule has 36 heavy (non-hydrogen) atoms. The predicted octanol–water partition coefficient (Wildman–Crippen LogP) is 5.04. The second-order valence-corrected chi connectivity index (χ2v) is 8.98. The number of anilines is 2. The van der Waals surface area contributed by atoms with Crippen LogP contribution in [0.2, 0.25) is 0 Å². The maximum absolute atomic E-state index is 13.6. The Kier molecular flexibility index (Phi) is 6.51. The van der Waals surface area contributed by atoms with E-state index in [1.807, 2.05) is 47.4 Å². The Labute approximate surface area is 206 Å². The van der Waals surface area contributed by atoms with Crippen molar-refractivity contribution in [1.82, 2.24) is 4.90 Å². The van der Waals surface area contributed by atoms with Crippen molar-refractivity contribution in [2.24, 2.45) is 0 Å². The van der Waals surface area contributed by atoms with Gasteiger partial charge in [0.05, 0.1) is 30.5 Å². The molecule has 2 amide bonds. The van der Waals surface area contributed by atoms with E-state index in [-0.39, 0.29) is 24.3 Å². The molecule has 6 nitrogen and oxygen atoms in total. The van der Waals surface area contributed by atoms with Crippen LogP contribution in [0.4, 0.5) is 24.5 Å². The van der Waals surface area contributed by atoms with Crippen molar-refractivity contribution in [2.75, 3.05) is 30.3 Å². The Morgan fingerprint density at radius 1 is 0.944 bits per heavy atom. The number of carbonyl (C=O) groups excluding carboxylic acids is 2. The molecule has 2 aliphatic heterocycles. The number of hydrogen-bond donors (Lipinski definition) is 2. The molecule has 0 aromatic heterocycles. The van der Waals surface area contributed by atoms with Crippen LogP contribution in [0.5, 0.6) is 0 Å². The summed E-state index contributed by atoms with van der Waals surface area (Å²) in [6.45, 7) is 1.06. The van der Waals surface area contributed by atoms with Gasteiger partial charge in [-0.25, -0.2) is 0 Å². The number of ether oxygens (including phenoxy) is 1. The summed E-state index contributed by atoms with van der Waals surface area (Å²) in [5.74, 6) is -1.15. The first kappa shape index (κ1) is 24.0. The number of morpholine rings is 1. The molecular weight excluding hydrogens is 471 g/mol. The van der Waals surface area contributed by atoms with Gasteiger partial charge in [0.15, 0.2) is 0 Å². The van der Waals surface area contributed by atoms with Crippen LogP contribution < -0.4 is 10.6 Å². The molecule has 5 rings (SSSR count). The average Bonchev–Trinajstić information content (AvgIpc) is 3.48. The van der Waals surface area contributed by atoms with Crippen LogP contribution in [0.3, 0.4) is 0 Å². The number of likely N-dealkylation sites (tertiary alicyclic amines) is 1. The molecule has 2 fully saturated rings. The first-order valence-electron chi connectivity index (χ1n) is 11.6. The molecule has 2 atom stereocenters. The van der Waals surface area contributed by atoms with Gasteiger partial charge in [0, 0.05) is 23.8 Å². The Morgan fingerprint density at radius 3 is 2.31 bits per heavy atom. The first-order valence-corrected chi connectivity index (χ1v) is 11.6. The molecule has 0 spiro atoms. The maximum Gasteiger partial charge on any atom is 0.418 e. The van der Waals surface area contributed by atoms with Crippen LogP contribution in [0.25, 0.3) is 11.1 Å². The standard InChI is InChI=1S/C27H24F3N3O3/c28-27(29,30)23-11-8-19(12-24(23)32-25(34)15-33-14-22-13-21(33)16-36-22)26(35)31-20-9-6-18(7-10-20)17-4-2-1-3-5-17/h1-12,21-22H,13-16H2,(H,31,35)(H,32,34)/t21-,22?/m1/s1. The summed E-state index contributed by atoms with van der Waals surface area (Å²) in [7, 11) is 0. The van der Waals surface area contributed by atoms with Crippen LogP contribution >= 0.6 is 0 Å². The molecule has 186 valence electrons. The van der Waals surface area contributed by atoms with Crippen molar-refractivity contribution in [3.63, 3.8) is 0 Å². The average molecular weight is 496 g/mol. The highest BCUT2D eigenvalue weighted by molar-refractivity contribution is 6.05. The lowest BCUT2D eigenvalue weighted by molar-refractivity contribution is -0.137. The van der Waals surface area contributed by atoms with E-state index in [4.69, 9.17) is 4.74 Å². The third kappa shape index (κ3) is 5.27. The van der Waals surface area contributed by atoms with Gasteiger partial charge < -0.3 is 15.4 Å². The smallest absolute Gasteiger partial charge is 0.375 e. The number of nitrogens with one attached hydrogen (secondary N) is 2. The van der Waals surface area contributed by atoms with E-state index in [2.05, 4.69) is 10.6 Å². The molecule has 2 N–H and O–H groups in total. The van der Waals surface area contributed by atoms with E-state index in [0.29, 0.717) is 18.8 Å². The normalized spacial score (nSPS) is 19.3. The lowest BCUT2D eigenvalue weighted by atomic mass is 10.1. The van der Waals surface area contributed by atoms with Crippen molar-refractivity contribution < 1.29 is 27.5 Å². The van der Waals surface area contributed by atoms with Gasteiger partial charge in [-0.15, -0.1) is 0 Å². The number of carbonyl (C=O) groups is 2. The van der Waals surface area contributed by atoms with Crippen LogP contribution in [0.1, 0.15) is 22.3 Å². The number of fused-ring (bicyclic) bond motifs is 2. The number of rotatable bonds is 6. The van der Waals surface area contributed by atoms with Crippen molar-refractivity contribution in [3.8, 4) is 11.1 Å². The van der Waals surface area contributed by atoms with Crippen molar-refractivity contribution >= 4 is 23.2 Å². The summed E-state index contributed by atoms with van der Waals surface area (Å²) >= 11 is 0. The largest absolute Gasteiger partial charge is 0.418 e. The Hall–Kier alpha value is -3.69. The molecule has 2 aliphatic rings. The molecule has 2 heterocycles. The van der Waals surface area contributed by atoms with Crippen LogP contribution in [-0.2, 0) is 15.7 Å². The Balaban J connectivity index is 1.30. The van der Waals surface area contributed by atoms with E-state index >= 15 is 0 Å². The van der Waals surface area contributed by atoms with Gasteiger partial charge >= 0.3 is 6.18 Å². The summed E-state index contributed by atoms with van der Waals surface area (Å²) < 4.78 is 46.3. The van der Waals surface area contributed by atoms with Crippen molar-refractivity contribution in [1.29, 1.82) is 0 Å². The second kappa shape index (κ2) is 9.75. The second-order valence-electron chi connectivity index (χ2n) is 8.98. The lowest BCUT2D eigenvalue weighted by Crippen LogP contribution is -2.42. The van der Waals surface area contributed by atoms with E-state index < -0.39 is 29.2 Å². The van der Waals surface area contributed by atoms with E-state index in [0.717, 1.165) is 35.7 Å². The van der Waals surface area contributed by atoms with Crippen molar-refractivity contribution in [2.45, 2.75) is 24.7 Å². The molecular formula is C27H24F3N3O3. The molecule has 9 heteroatoms. The molecule has 3 aromatic rings. The Bertz CT molecular complexity index is 1260. The van der Waals surface area contributed by atoms with Crippen LogP contribution in [0.15, 0.2) is 72.8 Å². The highest BCUT2D eigenvalue weighted by Gasteiger charge is 2.40. The minimum Gasteiger partial charge on any atom is -0.375 e. The quantitative estimate of drug-likeness (QED) is 0.503. The summed E-state index contributed by atoms with van der Waals surface area (Å²) in [6.07, 6.45) is -3.79. The highest BCUT2D eigenvalue weighted by atomic mass is 19.4. The fraction of sp³-hybridized carbons (Fsp3) is 0.259. The summed E-state index contributed by atoms with van der Waals surface area (Å²) in [4.78, 5) is 27.3. The number of amides is 2. The zero-order valence-electron chi connectivity index (χ0n) is 19.2. The molecule has 2 saturated heterocycles. The van der Waals surface area contributed by atoms with Gasteiger partial charge in [-0.1, -0.05) is 42.5 Å². The molecule has 0 radical (unpaired) electrons. The molecule has 2 bridgehead atoms. The molecule has 0 aliphatic carbocycles. The predicted molar refractivity (Wildman–Crippen MR) is 130 cm³/mol. The molecule has 3 aromatic carbocycles. The summed E-state index contributed by atoms with van der Waals surface area (Å²) in [6, 6.07) is 19.9. The zero-order valence-corrected chi connectivity index (χ0v) is 19.2. The number of hydrogen-bond acceptors (Lipinski definition) is 4. The minimum atomic E-state index is -4.69. The van der Waals surface area contributed by atoms with Gasteiger partial charge in [-0.2, -0.15) is 13.2 Å². The van der Waals surface area contributed by atoms with Gasteiger partial charge in [-0.05, 0) is 47.9 Å². The first-order chi connectivity index (χ1) is 17.3. The number of halogens is 3. The van der Waals surface area contributed by atoms with Crippen LogP contribution in [-0.4, -0.2) is 48.6 Å². The molecule has 1 unspecified atom stereocenters. The zero-order chi connectivity index (χ0) is 25.3. The Morgan fingerprint density at radius 2 is 1.67 bits per heavy atom. The van der Waals surface area contributed by atoms with E-state index in [9.17, 15) is 22.8 Å². The van der Waals surface area contributed by atoms with Crippen molar-refractivity contribution in [3.05, 3.63) is 83.9 Å². The topological polar surface area (TPSA) is 70.7 Å². The maximum atomic E-state index is 13.6. The highest BCUT2D eigenvalue weighted by Crippen LogP contribution is 2.36. The van der Waals surface area contributed by atoms with Gasteiger partial charge in [-0.3, -0.25) is 14.5 Å². The van der Waals surface area contributed by atoms with Gasteiger partial charge in [0.1, 0.15) is 0 Å².